The maximum absolute atomic E-state index is 13.9. The number of benzene rings is 3. The van der Waals surface area contributed by atoms with Gasteiger partial charge in [0.2, 0.25) is 21.8 Å². The van der Waals surface area contributed by atoms with E-state index in [-0.39, 0.29) is 49.6 Å². The van der Waals surface area contributed by atoms with Crippen LogP contribution in [0.5, 0.6) is 0 Å². The molecule has 3 aromatic rings. The Labute approximate surface area is 248 Å². The summed E-state index contributed by atoms with van der Waals surface area (Å²) in [6.07, 6.45) is 5.74. The number of amides is 2. The smallest absolute Gasteiger partial charge is 0.243 e. The van der Waals surface area contributed by atoms with Crippen molar-refractivity contribution in [1.82, 2.24) is 10.2 Å². The van der Waals surface area contributed by atoms with Gasteiger partial charge in [0.1, 0.15) is 11.9 Å². The van der Waals surface area contributed by atoms with E-state index in [0.29, 0.717) is 17.7 Å². The van der Waals surface area contributed by atoms with Crippen molar-refractivity contribution in [2.24, 2.45) is 0 Å². The fourth-order valence-electron chi connectivity index (χ4n) is 5.53. The fourth-order valence-corrected chi connectivity index (χ4v) is 6.56. The van der Waals surface area contributed by atoms with Crippen molar-refractivity contribution in [2.75, 3.05) is 17.1 Å². The number of anilines is 1. The van der Waals surface area contributed by atoms with E-state index in [1.54, 1.807) is 29.2 Å². The SMILES string of the molecule is Cc1ccccc1N(CCCC(=O)N(Cc1ccc(F)cc1)[C@@H](Cc1ccccc1)C(=O)NC1CCCC1)S(C)(=O)=O. The molecule has 224 valence electrons. The Hall–Kier alpha value is -3.72. The quantitative estimate of drug-likeness (QED) is 0.288. The van der Waals surface area contributed by atoms with Gasteiger partial charge in [-0.1, -0.05) is 73.5 Å². The molecular weight excluding hydrogens is 553 g/mol. The topological polar surface area (TPSA) is 86.8 Å². The summed E-state index contributed by atoms with van der Waals surface area (Å²) in [5, 5.41) is 3.17. The van der Waals surface area contributed by atoms with E-state index in [1.807, 2.05) is 49.4 Å². The van der Waals surface area contributed by atoms with Crippen molar-refractivity contribution in [2.45, 2.75) is 70.5 Å². The highest BCUT2D eigenvalue weighted by Crippen LogP contribution is 2.24. The Morgan fingerprint density at radius 2 is 1.57 bits per heavy atom. The van der Waals surface area contributed by atoms with Crippen LogP contribution in [0.25, 0.3) is 0 Å². The fraction of sp³-hybridized carbons (Fsp3) is 0.394. The summed E-state index contributed by atoms with van der Waals surface area (Å²) in [7, 11) is -3.59. The molecule has 0 saturated heterocycles. The molecule has 0 unspecified atom stereocenters. The molecule has 1 N–H and O–H groups in total. The molecule has 0 heterocycles. The minimum absolute atomic E-state index is 0.0428. The van der Waals surface area contributed by atoms with Gasteiger partial charge >= 0.3 is 0 Å². The minimum atomic E-state index is -3.59. The molecule has 0 spiro atoms. The summed E-state index contributed by atoms with van der Waals surface area (Å²) in [5.41, 5.74) is 3.02. The summed E-state index contributed by atoms with van der Waals surface area (Å²) in [5.74, 6) is -0.854. The van der Waals surface area contributed by atoms with Gasteiger partial charge in [0.15, 0.2) is 0 Å². The lowest BCUT2D eigenvalue weighted by atomic mass is 10.0. The molecule has 1 aliphatic rings. The van der Waals surface area contributed by atoms with Crippen molar-refractivity contribution in [3.63, 3.8) is 0 Å². The second-order valence-corrected chi connectivity index (χ2v) is 13.0. The number of carbonyl (C=O) groups is 2. The van der Waals surface area contributed by atoms with Crippen molar-refractivity contribution in [3.05, 3.63) is 101 Å². The zero-order valence-corrected chi connectivity index (χ0v) is 25.2. The Balaban J connectivity index is 1.59. The predicted octanol–water partition coefficient (Wildman–Crippen LogP) is 5.38. The van der Waals surface area contributed by atoms with E-state index < -0.39 is 16.1 Å². The van der Waals surface area contributed by atoms with Crippen LogP contribution < -0.4 is 9.62 Å². The second kappa shape index (κ2) is 14.4. The van der Waals surface area contributed by atoms with E-state index in [1.165, 1.54) is 16.4 Å². The van der Waals surface area contributed by atoms with Crippen LogP contribution in [-0.2, 0) is 32.6 Å². The molecule has 7 nitrogen and oxygen atoms in total. The summed E-state index contributed by atoms with van der Waals surface area (Å²) in [6.45, 7) is 2.10. The van der Waals surface area contributed by atoms with Gasteiger partial charge in [-0.15, -0.1) is 0 Å². The van der Waals surface area contributed by atoms with Crippen molar-refractivity contribution in [3.8, 4) is 0 Å². The average molecular weight is 594 g/mol. The van der Waals surface area contributed by atoms with Crippen LogP contribution in [-0.4, -0.2) is 50.0 Å². The van der Waals surface area contributed by atoms with Gasteiger partial charge in [0, 0.05) is 32.0 Å². The maximum Gasteiger partial charge on any atom is 0.243 e. The molecular formula is C33H40FN3O4S. The molecule has 0 aromatic heterocycles. The monoisotopic (exact) mass is 593 g/mol. The number of sulfonamides is 1. The lowest BCUT2D eigenvalue weighted by molar-refractivity contribution is -0.141. The number of aryl methyl sites for hydroxylation is 1. The standard InChI is InChI=1S/C33H40FN3O4S/c1-25-11-6-9-16-30(25)37(42(2,40)41)22-10-17-32(38)36(24-27-18-20-28(34)21-19-27)31(23-26-12-4-3-5-13-26)33(39)35-29-14-7-8-15-29/h3-6,9,11-13,16,18-21,29,31H,7-8,10,14-15,17,22-24H2,1-2H3,(H,35,39)/t31-/m0/s1. The van der Waals surface area contributed by atoms with Gasteiger partial charge in [-0.3, -0.25) is 13.9 Å². The van der Waals surface area contributed by atoms with E-state index in [0.717, 1.165) is 43.1 Å². The number of hydrogen-bond donors (Lipinski definition) is 1. The molecule has 3 aromatic carbocycles. The average Bonchev–Trinajstić information content (AvgIpc) is 3.47. The van der Waals surface area contributed by atoms with Gasteiger partial charge < -0.3 is 10.2 Å². The molecule has 1 fully saturated rings. The number of nitrogens with one attached hydrogen (secondary N) is 1. The number of carbonyl (C=O) groups excluding carboxylic acids is 2. The summed E-state index contributed by atoms with van der Waals surface area (Å²) < 4.78 is 40.4. The second-order valence-electron chi connectivity index (χ2n) is 11.1. The predicted molar refractivity (Wildman–Crippen MR) is 164 cm³/mol. The lowest BCUT2D eigenvalue weighted by Gasteiger charge is -2.33. The Morgan fingerprint density at radius 3 is 2.21 bits per heavy atom. The number of nitrogens with zero attached hydrogens (tertiary/aromatic N) is 2. The lowest BCUT2D eigenvalue weighted by Crippen LogP contribution is -2.52. The highest BCUT2D eigenvalue weighted by atomic mass is 32.2. The molecule has 0 radical (unpaired) electrons. The van der Waals surface area contributed by atoms with E-state index in [9.17, 15) is 22.4 Å². The van der Waals surface area contributed by atoms with Crippen LogP contribution in [0.2, 0.25) is 0 Å². The van der Waals surface area contributed by atoms with E-state index in [4.69, 9.17) is 0 Å². The number of rotatable bonds is 13. The molecule has 1 saturated carbocycles. The molecule has 0 bridgehead atoms. The van der Waals surface area contributed by atoms with Gasteiger partial charge in [0.25, 0.3) is 0 Å². The Bertz CT molecular complexity index is 1440. The number of halogens is 1. The normalized spacial score (nSPS) is 14.4. The molecule has 4 rings (SSSR count). The zero-order chi connectivity index (χ0) is 30.1. The van der Waals surface area contributed by atoms with E-state index >= 15 is 0 Å². The first-order chi connectivity index (χ1) is 20.1. The molecule has 1 atom stereocenters. The van der Waals surface area contributed by atoms with Gasteiger partial charge in [-0.05, 0) is 61.1 Å². The third-order valence-electron chi connectivity index (χ3n) is 7.78. The van der Waals surface area contributed by atoms with Crippen LogP contribution in [0.4, 0.5) is 10.1 Å². The maximum atomic E-state index is 13.9. The first-order valence-corrected chi connectivity index (χ1v) is 16.4. The third-order valence-corrected chi connectivity index (χ3v) is 8.96. The Kier molecular flexibility index (Phi) is 10.7. The van der Waals surface area contributed by atoms with Crippen molar-refractivity contribution in [1.29, 1.82) is 0 Å². The Morgan fingerprint density at radius 1 is 0.929 bits per heavy atom. The van der Waals surface area contributed by atoms with Crippen LogP contribution >= 0.6 is 0 Å². The minimum Gasteiger partial charge on any atom is -0.352 e. The first kappa shape index (κ1) is 31.2. The number of para-hydroxylation sites is 1. The van der Waals surface area contributed by atoms with Crippen molar-refractivity contribution >= 4 is 27.5 Å². The molecule has 1 aliphatic carbocycles. The van der Waals surface area contributed by atoms with Gasteiger partial charge in [0.05, 0.1) is 11.9 Å². The highest BCUT2D eigenvalue weighted by Gasteiger charge is 2.32. The largest absolute Gasteiger partial charge is 0.352 e. The molecule has 2 amide bonds. The van der Waals surface area contributed by atoms with Crippen LogP contribution in [0.15, 0.2) is 78.9 Å². The summed E-state index contributed by atoms with van der Waals surface area (Å²) in [4.78, 5) is 29.3. The molecule has 0 aliphatic heterocycles. The third kappa shape index (κ3) is 8.64. The van der Waals surface area contributed by atoms with Gasteiger partial charge in [-0.2, -0.15) is 0 Å². The highest BCUT2D eigenvalue weighted by molar-refractivity contribution is 7.92. The van der Waals surface area contributed by atoms with Crippen molar-refractivity contribution < 1.29 is 22.4 Å². The van der Waals surface area contributed by atoms with Crippen LogP contribution in [0.1, 0.15) is 55.2 Å². The van der Waals surface area contributed by atoms with E-state index in [2.05, 4.69) is 5.32 Å². The summed E-state index contributed by atoms with van der Waals surface area (Å²) >= 11 is 0. The first-order valence-electron chi connectivity index (χ1n) is 14.5. The summed E-state index contributed by atoms with van der Waals surface area (Å²) in [6, 6.07) is 22.0. The van der Waals surface area contributed by atoms with Gasteiger partial charge in [-0.25, -0.2) is 12.8 Å². The molecule has 42 heavy (non-hydrogen) atoms. The van der Waals surface area contributed by atoms with Crippen LogP contribution in [0, 0.1) is 12.7 Å². The van der Waals surface area contributed by atoms with Crippen LogP contribution in [0.3, 0.4) is 0 Å². The zero-order valence-electron chi connectivity index (χ0n) is 24.3. The molecule has 9 heteroatoms. The number of hydrogen-bond acceptors (Lipinski definition) is 4.